The van der Waals surface area contributed by atoms with Crippen LogP contribution in [0.2, 0.25) is 5.02 Å². The summed E-state index contributed by atoms with van der Waals surface area (Å²) in [5.41, 5.74) is 3.17. The summed E-state index contributed by atoms with van der Waals surface area (Å²) in [5.74, 6) is 0. The lowest BCUT2D eigenvalue weighted by atomic mass is 10.0. The second-order valence-electron chi connectivity index (χ2n) is 4.53. The summed E-state index contributed by atoms with van der Waals surface area (Å²) in [7, 11) is 0. The lowest BCUT2D eigenvalue weighted by Crippen LogP contribution is -2.24. The van der Waals surface area contributed by atoms with E-state index in [1.165, 1.54) is 0 Å². The average molecular weight is 276 g/mol. The molecular formula is C15H18ClN3. The zero-order valence-electron chi connectivity index (χ0n) is 11.2. The summed E-state index contributed by atoms with van der Waals surface area (Å²) in [5, 5.41) is 4.29. The van der Waals surface area contributed by atoms with E-state index in [4.69, 9.17) is 11.6 Å². The van der Waals surface area contributed by atoms with Crippen molar-refractivity contribution in [1.29, 1.82) is 0 Å². The minimum Gasteiger partial charge on any atom is -0.305 e. The molecule has 1 heterocycles. The highest BCUT2D eigenvalue weighted by Crippen LogP contribution is 2.24. The van der Waals surface area contributed by atoms with Gasteiger partial charge in [0.1, 0.15) is 0 Å². The SMILES string of the molecule is CCCNC(c1ccc(Cl)c(C)c1)c1cnccn1. The second-order valence-corrected chi connectivity index (χ2v) is 4.93. The summed E-state index contributed by atoms with van der Waals surface area (Å²) in [4.78, 5) is 8.55. The van der Waals surface area contributed by atoms with Gasteiger partial charge in [-0.3, -0.25) is 9.97 Å². The second kappa shape index (κ2) is 6.64. The van der Waals surface area contributed by atoms with Crippen LogP contribution in [-0.2, 0) is 0 Å². The van der Waals surface area contributed by atoms with Crippen LogP contribution in [0.4, 0.5) is 0 Å². The fourth-order valence-corrected chi connectivity index (χ4v) is 2.11. The Balaban J connectivity index is 2.34. The molecule has 0 fully saturated rings. The molecule has 1 aromatic carbocycles. The monoisotopic (exact) mass is 275 g/mol. The largest absolute Gasteiger partial charge is 0.305 e. The molecule has 1 aromatic heterocycles. The molecule has 0 amide bonds. The Morgan fingerprint density at radius 1 is 1.32 bits per heavy atom. The third-order valence-corrected chi connectivity index (χ3v) is 3.42. The number of aryl methyl sites for hydroxylation is 1. The number of nitrogens with zero attached hydrogens (tertiary/aromatic N) is 2. The van der Waals surface area contributed by atoms with E-state index in [-0.39, 0.29) is 6.04 Å². The van der Waals surface area contributed by atoms with Gasteiger partial charge in [0.05, 0.1) is 17.9 Å². The van der Waals surface area contributed by atoms with Gasteiger partial charge in [0.25, 0.3) is 0 Å². The van der Waals surface area contributed by atoms with Crippen molar-refractivity contribution >= 4 is 11.6 Å². The molecule has 0 saturated carbocycles. The van der Waals surface area contributed by atoms with Crippen molar-refractivity contribution in [2.75, 3.05) is 6.54 Å². The molecule has 0 saturated heterocycles. The summed E-state index contributed by atoms with van der Waals surface area (Å²) in [6, 6.07) is 6.13. The first-order valence-corrected chi connectivity index (χ1v) is 6.85. The molecule has 2 aromatic rings. The molecule has 2 rings (SSSR count). The van der Waals surface area contributed by atoms with Crippen molar-refractivity contribution in [3.8, 4) is 0 Å². The molecule has 19 heavy (non-hydrogen) atoms. The summed E-state index contributed by atoms with van der Waals surface area (Å²) in [6.07, 6.45) is 6.28. The minimum atomic E-state index is 0.0598. The number of benzene rings is 1. The molecule has 1 unspecified atom stereocenters. The van der Waals surface area contributed by atoms with Gasteiger partial charge < -0.3 is 5.32 Å². The van der Waals surface area contributed by atoms with Gasteiger partial charge in [-0.2, -0.15) is 0 Å². The predicted molar refractivity (Wildman–Crippen MR) is 78.4 cm³/mol. The quantitative estimate of drug-likeness (QED) is 0.907. The first-order chi connectivity index (χ1) is 9.22. The van der Waals surface area contributed by atoms with E-state index in [2.05, 4.69) is 28.3 Å². The fraction of sp³-hybridized carbons (Fsp3) is 0.333. The fourth-order valence-electron chi connectivity index (χ4n) is 1.99. The van der Waals surface area contributed by atoms with Gasteiger partial charge in [0.2, 0.25) is 0 Å². The van der Waals surface area contributed by atoms with E-state index in [1.807, 2.05) is 19.1 Å². The summed E-state index contributed by atoms with van der Waals surface area (Å²) >= 11 is 6.09. The van der Waals surface area contributed by atoms with E-state index in [0.29, 0.717) is 0 Å². The van der Waals surface area contributed by atoms with E-state index in [0.717, 1.165) is 34.8 Å². The van der Waals surface area contributed by atoms with Crippen molar-refractivity contribution in [3.63, 3.8) is 0 Å². The van der Waals surface area contributed by atoms with Crippen LogP contribution in [0.3, 0.4) is 0 Å². The van der Waals surface area contributed by atoms with Gasteiger partial charge >= 0.3 is 0 Å². The lowest BCUT2D eigenvalue weighted by Gasteiger charge is -2.19. The maximum Gasteiger partial charge on any atom is 0.0801 e. The Bertz CT molecular complexity index is 528. The normalized spacial score (nSPS) is 12.4. The average Bonchev–Trinajstić information content (AvgIpc) is 2.44. The summed E-state index contributed by atoms with van der Waals surface area (Å²) in [6.45, 7) is 5.09. The van der Waals surface area contributed by atoms with Crippen LogP contribution < -0.4 is 5.32 Å². The van der Waals surface area contributed by atoms with Gasteiger partial charge in [-0.15, -0.1) is 0 Å². The van der Waals surface area contributed by atoms with Crippen LogP contribution in [0.25, 0.3) is 0 Å². The Kier molecular flexibility index (Phi) is 4.88. The van der Waals surface area contributed by atoms with Crippen molar-refractivity contribution < 1.29 is 0 Å². The smallest absolute Gasteiger partial charge is 0.0801 e. The third-order valence-electron chi connectivity index (χ3n) is 2.99. The maximum atomic E-state index is 6.09. The Morgan fingerprint density at radius 2 is 2.16 bits per heavy atom. The Labute approximate surface area is 119 Å². The number of rotatable bonds is 5. The zero-order valence-corrected chi connectivity index (χ0v) is 12.0. The van der Waals surface area contributed by atoms with Gasteiger partial charge in [-0.05, 0) is 37.1 Å². The van der Waals surface area contributed by atoms with E-state index in [1.54, 1.807) is 18.6 Å². The van der Waals surface area contributed by atoms with Crippen LogP contribution in [-0.4, -0.2) is 16.5 Å². The van der Waals surface area contributed by atoms with Gasteiger partial charge in [0.15, 0.2) is 0 Å². The molecule has 0 aliphatic carbocycles. The molecule has 0 aliphatic heterocycles. The molecule has 0 spiro atoms. The van der Waals surface area contributed by atoms with Crippen LogP contribution in [0.1, 0.15) is 36.2 Å². The topological polar surface area (TPSA) is 37.8 Å². The van der Waals surface area contributed by atoms with Crippen LogP contribution in [0.5, 0.6) is 0 Å². The van der Waals surface area contributed by atoms with E-state index < -0.39 is 0 Å². The molecule has 4 heteroatoms. The number of nitrogens with one attached hydrogen (secondary N) is 1. The summed E-state index contributed by atoms with van der Waals surface area (Å²) < 4.78 is 0. The van der Waals surface area contributed by atoms with E-state index in [9.17, 15) is 0 Å². The maximum absolute atomic E-state index is 6.09. The van der Waals surface area contributed by atoms with Crippen molar-refractivity contribution in [2.24, 2.45) is 0 Å². The number of hydrogen-bond acceptors (Lipinski definition) is 3. The molecule has 0 aliphatic rings. The van der Waals surface area contributed by atoms with E-state index >= 15 is 0 Å². The molecular weight excluding hydrogens is 258 g/mol. The Morgan fingerprint density at radius 3 is 2.79 bits per heavy atom. The van der Waals surface area contributed by atoms with Gasteiger partial charge in [0, 0.05) is 17.4 Å². The first-order valence-electron chi connectivity index (χ1n) is 6.47. The Hall–Kier alpha value is -1.45. The van der Waals surface area contributed by atoms with Crippen LogP contribution in [0.15, 0.2) is 36.8 Å². The predicted octanol–water partition coefficient (Wildman–Crippen LogP) is 3.53. The highest BCUT2D eigenvalue weighted by atomic mass is 35.5. The first kappa shape index (κ1) is 14.0. The van der Waals surface area contributed by atoms with Gasteiger partial charge in [-0.1, -0.05) is 30.7 Å². The van der Waals surface area contributed by atoms with Crippen LogP contribution in [0, 0.1) is 6.92 Å². The van der Waals surface area contributed by atoms with Gasteiger partial charge in [-0.25, -0.2) is 0 Å². The molecule has 3 nitrogen and oxygen atoms in total. The molecule has 1 N–H and O–H groups in total. The molecule has 1 atom stereocenters. The minimum absolute atomic E-state index is 0.0598. The van der Waals surface area contributed by atoms with Crippen molar-refractivity contribution in [3.05, 3.63) is 58.6 Å². The van der Waals surface area contributed by atoms with Crippen LogP contribution >= 0.6 is 11.6 Å². The number of halogens is 1. The molecule has 100 valence electrons. The third kappa shape index (κ3) is 3.52. The highest BCUT2D eigenvalue weighted by Gasteiger charge is 2.15. The number of hydrogen-bond donors (Lipinski definition) is 1. The lowest BCUT2D eigenvalue weighted by molar-refractivity contribution is 0.584. The molecule has 0 bridgehead atoms. The molecule has 0 radical (unpaired) electrons. The van der Waals surface area contributed by atoms with Crippen molar-refractivity contribution in [2.45, 2.75) is 26.3 Å². The van der Waals surface area contributed by atoms with Crippen molar-refractivity contribution in [1.82, 2.24) is 15.3 Å². The zero-order chi connectivity index (χ0) is 13.7. The number of aromatic nitrogens is 2. The highest BCUT2D eigenvalue weighted by molar-refractivity contribution is 6.31. The standard InChI is InChI=1S/C15H18ClN3/c1-3-6-19-15(14-10-17-7-8-18-14)12-4-5-13(16)11(2)9-12/h4-5,7-10,15,19H,3,6H2,1-2H3.